The predicted molar refractivity (Wildman–Crippen MR) is 83.4 cm³/mol. The molecule has 23 heavy (non-hydrogen) atoms. The third-order valence-electron chi connectivity index (χ3n) is 3.98. The van der Waals surface area contributed by atoms with Gasteiger partial charge in [-0.15, -0.1) is 11.6 Å². The van der Waals surface area contributed by atoms with E-state index in [0.717, 1.165) is 0 Å². The van der Waals surface area contributed by atoms with Crippen molar-refractivity contribution in [3.8, 4) is 5.75 Å². The molecule has 8 heteroatoms. The van der Waals surface area contributed by atoms with Crippen molar-refractivity contribution in [1.82, 2.24) is 15.6 Å². The van der Waals surface area contributed by atoms with Gasteiger partial charge in [0.25, 0.3) is 0 Å². The fraction of sp³-hybridized carbons (Fsp3) is 0.533. The highest BCUT2D eigenvalue weighted by Gasteiger charge is 2.43. The summed E-state index contributed by atoms with van der Waals surface area (Å²) in [6.45, 7) is 3.54. The number of nitrogens with zero attached hydrogens (tertiary/aromatic N) is 2. The van der Waals surface area contributed by atoms with Crippen molar-refractivity contribution < 1.29 is 19.3 Å². The van der Waals surface area contributed by atoms with Crippen LogP contribution in [0.5, 0.6) is 5.75 Å². The van der Waals surface area contributed by atoms with E-state index in [2.05, 4.69) is 15.6 Å². The molecule has 1 aliphatic heterocycles. The van der Waals surface area contributed by atoms with Crippen molar-refractivity contribution in [3.05, 3.63) is 17.7 Å². The Morgan fingerprint density at radius 3 is 2.78 bits per heavy atom. The first-order valence-corrected chi connectivity index (χ1v) is 7.94. The molecule has 2 atom stereocenters. The molecule has 7 nitrogen and oxygen atoms in total. The SMILES string of the molecule is CC1(C)Oc2cc3nonc3cc2C(NC(=O)CCCCl)C1O. The summed E-state index contributed by atoms with van der Waals surface area (Å²) in [5.74, 6) is 0.791. The fourth-order valence-electron chi connectivity index (χ4n) is 2.70. The van der Waals surface area contributed by atoms with Gasteiger partial charge in [-0.3, -0.25) is 4.79 Å². The summed E-state index contributed by atoms with van der Waals surface area (Å²) < 4.78 is 10.6. The number of benzene rings is 1. The van der Waals surface area contributed by atoms with Gasteiger partial charge in [0.1, 0.15) is 28.5 Å². The van der Waals surface area contributed by atoms with Crippen LogP contribution in [0.15, 0.2) is 16.8 Å². The van der Waals surface area contributed by atoms with Crippen LogP contribution >= 0.6 is 11.6 Å². The third-order valence-corrected chi connectivity index (χ3v) is 4.24. The molecule has 2 aromatic rings. The molecular formula is C15H18ClN3O4. The zero-order chi connectivity index (χ0) is 16.6. The molecule has 2 unspecified atom stereocenters. The van der Waals surface area contributed by atoms with Crippen LogP contribution in [0.2, 0.25) is 0 Å². The molecule has 0 radical (unpaired) electrons. The first kappa shape index (κ1) is 16.0. The largest absolute Gasteiger partial charge is 0.485 e. The van der Waals surface area contributed by atoms with E-state index < -0.39 is 17.7 Å². The number of amides is 1. The Morgan fingerprint density at radius 1 is 1.39 bits per heavy atom. The molecule has 124 valence electrons. The van der Waals surface area contributed by atoms with Gasteiger partial charge in [-0.05, 0) is 36.6 Å². The average Bonchev–Trinajstić information content (AvgIpc) is 2.95. The van der Waals surface area contributed by atoms with E-state index in [1.807, 2.05) is 0 Å². The normalized spacial score (nSPS) is 22.4. The van der Waals surface area contributed by atoms with Crippen molar-refractivity contribution in [2.45, 2.75) is 44.4 Å². The molecule has 1 aromatic heterocycles. The van der Waals surface area contributed by atoms with Gasteiger partial charge in [0.2, 0.25) is 5.91 Å². The number of nitrogens with one attached hydrogen (secondary N) is 1. The number of hydrogen-bond donors (Lipinski definition) is 2. The topological polar surface area (TPSA) is 97.5 Å². The second-order valence-corrected chi connectivity index (χ2v) is 6.51. The van der Waals surface area contributed by atoms with E-state index in [9.17, 15) is 9.90 Å². The quantitative estimate of drug-likeness (QED) is 0.826. The number of ether oxygens (including phenoxy) is 1. The van der Waals surface area contributed by atoms with E-state index >= 15 is 0 Å². The van der Waals surface area contributed by atoms with Crippen LogP contribution in [-0.4, -0.2) is 38.9 Å². The van der Waals surface area contributed by atoms with E-state index in [4.69, 9.17) is 21.0 Å². The van der Waals surface area contributed by atoms with Crippen molar-refractivity contribution in [3.63, 3.8) is 0 Å². The molecular weight excluding hydrogens is 322 g/mol. The Labute approximate surface area is 137 Å². The van der Waals surface area contributed by atoms with Crippen molar-refractivity contribution in [1.29, 1.82) is 0 Å². The molecule has 1 aromatic carbocycles. The summed E-state index contributed by atoms with van der Waals surface area (Å²) >= 11 is 5.62. The van der Waals surface area contributed by atoms with Crippen LogP contribution in [0, 0.1) is 0 Å². The standard InChI is InChI=1S/C15H18ClN3O4/c1-15(2)14(21)13(17-12(20)4-3-5-16)8-6-9-10(19-23-18-9)7-11(8)22-15/h6-7,13-14,21H,3-5H2,1-2H3,(H,17,20). The lowest BCUT2D eigenvalue weighted by Crippen LogP contribution is -2.53. The van der Waals surface area contributed by atoms with Gasteiger partial charge in [0, 0.05) is 23.9 Å². The maximum Gasteiger partial charge on any atom is 0.220 e. The van der Waals surface area contributed by atoms with E-state index in [1.54, 1.807) is 26.0 Å². The molecule has 0 fully saturated rings. The monoisotopic (exact) mass is 339 g/mol. The molecule has 0 bridgehead atoms. The van der Waals surface area contributed by atoms with E-state index in [1.165, 1.54) is 0 Å². The summed E-state index contributed by atoms with van der Waals surface area (Å²) in [6.07, 6.45) is -0.0287. The molecule has 2 N–H and O–H groups in total. The Bertz CT molecular complexity index is 731. The van der Waals surface area contributed by atoms with Crippen molar-refractivity contribution >= 4 is 28.5 Å². The number of aliphatic hydroxyl groups is 1. The highest BCUT2D eigenvalue weighted by Crippen LogP contribution is 2.41. The van der Waals surface area contributed by atoms with Crippen LogP contribution < -0.4 is 10.1 Å². The number of rotatable bonds is 4. The minimum absolute atomic E-state index is 0.170. The summed E-state index contributed by atoms with van der Waals surface area (Å²) in [5.41, 5.74) is 0.893. The Balaban J connectivity index is 1.98. The highest BCUT2D eigenvalue weighted by molar-refractivity contribution is 6.17. The third kappa shape index (κ3) is 2.98. The minimum Gasteiger partial charge on any atom is -0.485 e. The number of aromatic nitrogens is 2. The molecule has 0 saturated heterocycles. The van der Waals surface area contributed by atoms with Gasteiger partial charge < -0.3 is 15.2 Å². The van der Waals surface area contributed by atoms with E-state index in [0.29, 0.717) is 41.1 Å². The molecule has 3 rings (SSSR count). The van der Waals surface area contributed by atoms with Gasteiger partial charge in [0.15, 0.2) is 0 Å². The smallest absolute Gasteiger partial charge is 0.220 e. The van der Waals surface area contributed by atoms with Gasteiger partial charge >= 0.3 is 0 Å². The average molecular weight is 340 g/mol. The molecule has 1 aliphatic rings. The zero-order valence-electron chi connectivity index (χ0n) is 12.9. The molecule has 0 saturated carbocycles. The maximum atomic E-state index is 12.1. The van der Waals surface area contributed by atoms with Crippen LogP contribution in [0.4, 0.5) is 0 Å². The van der Waals surface area contributed by atoms with Gasteiger partial charge in [-0.2, -0.15) is 0 Å². The first-order chi connectivity index (χ1) is 10.9. The van der Waals surface area contributed by atoms with E-state index in [-0.39, 0.29) is 5.91 Å². The maximum absolute atomic E-state index is 12.1. The number of alkyl halides is 1. The first-order valence-electron chi connectivity index (χ1n) is 7.41. The van der Waals surface area contributed by atoms with Crippen LogP contribution in [0.25, 0.3) is 11.0 Å². The van der Waals surface area contributed by atoms with Crippen LogP contribution in [0.1, 0.15) is 38.3 Å². The lowest BCUT2D eigenvalue weighted by Gasteiger charge is -2.42. The Kier molecular flexibility index (Phi) is 4.16. The Morgan fingerprint density at radius 2 is 2.09 bits per heavy atom. The second-order valence-electron chi connectivity index (χ2n) is 6.13. The number of aliphatic hydroxyl groups excluding tert-OH is 1. The van der Waals surface area contributed by atoms with Crippen LogP contribution in [-0.2, 0) is 4.79 Å². The summed E-state index contributed by atoms with van der Waals surface area (Å²) in [6, 6.07) is 2.82. The van der Waals surface area contributed by atoms with Crippen LogP contribution in [0.3, 0.4) is 0 Å². The summed E-state index contributed by atoms with van der Waals surface area (Å²) in [4.78, 5) is 12.1. The second kappa shape index (κ2) is 5.98. The number of hydrogen-bond acceptors (Lipinski definition) is 6. The Hall–Kier alpha value is -1.86. The number of halogens is 1. The van der Waals surface area contributed by atoms with Gasteiger partial charge in [0.05, 0.1) is 6.04 Å². The molecule has 0 spiro atoms. The van der Waals surface area contributed by atoms with Crippen molar-refractivity contribution in [2.24, 2.45) is 0 Å². The minimum atomic E-state index is -0.910. The number of carbonyl (C=O) groups is 1. The van der Waals surface area contributed by atoms with Gasteiger partial charge in [-0.25, -0.2) is 4.63 Å². The molecule has 0 aliphatic carbocycles. The number of fused-ring (bicyclic) bond motifs is 2. The summed E-state index contributed by atoms with van der Waals surface area (Å²) in [5, 5.41) is 21.1. The fourth-order valence-corrected chi connectivity index (χ4v) is 2.84. The predicted octanol–water partition coefficient (Wildman–Crippen LogP) is 1.93. The summed E-state index contributed by atoms with van der Waals surface area (Å²) in [7, 11) is 0. The van der Waals surface area contributed by atoms with Crippen molar-refractivity contribution in [2.75, 3.05) is 5.88 Å². The molecule has 1 amide bonds. The lowest BCUT2D eigenvalue weighted by atomic mass is 9.86. The zero-order valence-corrected chi connectivity index (χ0v) is 13.6. The lowest BCUT2D eigenvalue weighted by molar-refractivity contribution is -0.125. The highest BCUT2D eigenvalue weighted by atomic mass is 35.5. The van der Waals surface area contributed by atoms with Gasteiger partial charge in [-0.1, -0.05) is 0 Å². The number of carbonyl (C=O) groups excluding carboxylic acids is 1. The molecule has 2 heterocycles.